The first kappa shape index (κ1) is 11.1. The van der Waals surface area contributed by atoms with Crippen molar-refractivity contribution in [2.45, 2.75) is 59.8 Å². The molecule has 78 valence electrons. The molecule has 0 saturated heterocycles. The summed E-state index contributed by atoms with van der Waals surface area (Å²) < 4.78 is 0. The highest BCUT2D eigenvalue weighted by molar-refractivity contribution is 4.90. The van der Waals surface area contributed by atoms with Crippen molar-refractivity contribution in [1.82, 2.24) is 0 Å². The van der Waals surface area contributed by atoms with E-state index in [-0.39, 0.29) is 0 Å². The molecular weight excluding hydrogens is 156 g/mol. The average molecular weight is 182 g/mol. The van der Waals surface area contributed by atoms with Gasteiger partial charge in [0.2, 0.25) is 0 Å². The van der Waals surface area contributed by atoms with Crippen molar-refractivity contribution in [2.24, 2.45) is 23.7 Å². The largest absolute Gasteiger partial charge is 0.0654 e. The second-order valence-electron chi connectivity index (χ2n) is 5.26. The highest BCUT2D eigenvalue weighted by Gasteiger charge is 2.40. The Kier molecular flexibility index (Phi) is 4.28. The summed E-state index contributed by atoms with van der Waals surface area (Å²) in [7, 11) is 0. The van der Waals surface area contributed by atoms with Crippen LogP contribution in [0.3, 0.4) is 0 Å². The van der Waals surface area contributed by atoms with Crippen LogP contribution in [-0.4, -0.2) is 0 Å². The maximum Gasteiger partial charge on any atom is -0.0355 e. The average Bonchev–Trinajstić information content (AvgIpc) is 2.83. The molecule has 0 bridgehead atoms. The van der Waals surface area contributed by atoms with E-state index < -0.39 is 0 Å². The van der Waals surface area contributed by atoms with Crippen LogP contribution in [0.4, 0.5) is 0 Å². The Morgan fingerprint density at radius 3 is 2.38 bits per heavy atom. The smallest absolute Gasteiger partial charge is 0.0355 e. The highest BCUT2D eigenvalue weighted by Crippen LogP contribution is 2.49. The fourth-order valence-corrected chi connectivity index (χ4v) is 2.40. The van der Waals surface area contributed by atoms with Gasteiger partial charge in [-0.15, -0.1) is 0 Å². The van der Waals surface area contributed by atoms with Gasteiger partial charge in [0.25, 0.3) is 0 Å². The minimum Gasteiger partial charge on any atom is -0.0654 e. The van der Waals surface area contributed by atoms with Crippen molar-refractivity contribution in [3.05, 3.63) is 0 Å². The molecule has 0 radical (unpaired) electrons. The van der Waals surface area contributed by atoms with E-state index in [2.05, 4.69) is 27.7 Å². The quantitative estimate of drug-likeness (QED) is 0.531. The van der Waals surface area contributed by atoms with Gasteiger partial charge in [-0.05, 0) is 30.1 Å². The Morgan fingerprint density at radius 2 is 1.85 bits per heavy atom. The van der Waals surface area contributed by atoms with Crippen LogP contribution in [0.15, 0.2) is 0 Å². The Balaban J connectivity index is 2.08. The van der Waals surface area contributed by atoms with Gasteiger partial charge in [-0.1, -0.05) is 53.4 Å². The standard InChI is InChI=1S/C13H26/c1-5-6-7-8-12-9-13(12)11(4)10(2)3/h10-13H,5-9H2,1-4H3. The van der Waals surface area contributed by atoms with E-state index in [1.165, 1.54) is 32.1 Å². The van der Waals surface area contributed by atoms with Crippen molar-refractivity contribution in [1.29, 1.82) is 0 Å². The lowest BCUT2D eigenvalue weighted by molar-refractivity contribution is 0.349. The maximum absolute atomic E-state index is 2.44. The van der Waals surface area contributed by atoms with E-state index in [1.807, 2.05) is 0 Å². The number of hydrogen-bond acceptors (Lipinski definition) is 0. The lowest BCUT2D eigenvalue weighted by atomic mass is 9.91. The highest BCUT2D eigenvalue weighted by atomic mass is 14.5. The first-order valence-corrected chi connectivity index (χ1v) is 6.16. The summed E-state index contributed by atoms with van der Waals surface area (Å²) in [5.74, 6) is 4.04. The molecule has 0 N–H and O–H groups in total. The second-order valence-corrected chi connectivity index (χ2v) is 5.26. The molecule has 1 rings (SSSR count). The minimum absolute atomic E-state index is 0.890. The Labute approximate surface area is 84.1 Å². The first-order valence-electron chi connectivity index (χ1n) is 6.16. The van der Waals surface area contributed by atoms with Gasteiger partial charge in [-0.2, -0.15) is 0 Å². The molecule has 0 amide bonds. The molecular formula is C13H26. The predicted octanol–water partition coefficient (Wildman–Crippen LogP) is 4.49. The van der Waals surface area contributed by atoms with Gasteiger partial charge in [0, 0.05) is 0 Å². The zero-order chi connectivity index (χ0) is 9.84. The van der Waals surface area contributed by atoms with Gasteiger partial charge in [0.1, 0.15) is 0 Å². The normalized spacial score (nSPS) is 29.3. The number of unbranched alkanes of at least 4 members (excludes halogenated alkanes) is 2. The van der Waals surface area contributed by atoms with Gasteiger partial charge in [0.05, 0.1) is 0 Å². The number of rotatable bonds is 6. The van der Waals surface area contributed by atoms with E-state index in [0.29, 0.717) is 0 Å². The lowest BCUT2D eigenvalue weighted by Gasteiger charge is -2.14. The van der Waals surface area contributed by atoms with E-state index in [0.717, 1.165) is 23.7 Å². The van der Waals surface area contributed by atoms with Crippen LogP contribution in [-0.2, 0) is 0 Å². The van der Waals surface area contributed by atoms with Gasteiger partial charge in [-0.3, -0.25) is 0 Å². The summed E-state index contributed by atoms with van der Waals surface area (Å²) in [4.78, 5) is 0. The Bertz CT molecular complexity index is 137. The molecule has 3 atom stereocenters. The molecule has 3 unspecified atom stereocenters. The van der Waals surface area contributed by atoms with E-state index in [4.69, 9.17) is 0 Å². The molecule has 0 aliphatic heterocycles. The predicted molar refractivity (Wildman–Crippen MR) is 59.7 cm³/mol. The third-order valence-corrected chi connectivity index (χ3v) is 3.88. The monoisotopic (exact) mass is 182 g/mol. The summed E-state index contributed by atoms with van der Waals surface area (Å²) in [6.45, 7) is 9.47. The zero-order valence-electron chi connectivity index (χ0n) is 9.84. The maximum atomic E-state index is 2.44. The van der Waals surface area contributed by atoms with Crippen LogP contribution in [0.25, 0.3) is 0 Å². The molecule has 0 heterocycles. The fourth-order valence-electron chi connectivity index (χ4n) is 2.40. The van der Waals surface area contributed by atoms with Crippen LogP contribution in [0, 0.1) is 23.7 Å². The Hall–Kier alpha value is 0. The fraction of sp³-hybridized carbons (Fsp3) is 1.00. The van der Waals surface area contributed by atoms with Gasteiger partial charge in [-0.25, -0.2) is 0 Å². The van der Waals surface area contributed by atoms with E-state index >= 15 is 0 Å². The lowest BCUT2D eigenvalue weighted by Crippen LogP contribution is -2.07. The molecule has 0 aromatic heterocycles. The van der Waals surface area contributed by atoms with Crippen LogP contribution in [0.5, 0.6) is 0 Å². The third-order valence-electron chi connectivity index (χ3n) is 3.88. The molecule has 0 nitrogen and oxygen atoms in total. The van der Waals surface area contributed by atoms with Gasteiger partial charge < -0.3 is 0 Å². The molecule has 1 fully saturated rings. The summed E-state index contributed by atoms with van der Waals surface area (Å²) in [5.41, 5.74) is 0. The second kappa shape index (κ2) is 5.02. The van der Waals surface area contributed by atoms with Crippen molar-refractivity contribution in [2.75, 3.05) is 0 Å². The molecule has 1 aliphatic carbocycles. The topological polar surface area (TPSA) is 0 Å². The summed E-state index contributed by atoms with van der Waals surface area (Å²) >= 11 is 0. The number of hydrogen-bond donors (Lipinski definition) is 0. The van der Waals surface area contributed by atoms with Gasteiger partial charge >= 0.3 is 0 Å². The van der Waals surface area contributed by atoms with Crippen LogP contribution in [0.2, 0.25) is 0 Å². The van der Waals surface area contributed by atoms with Crippen LogP contribution >= 0.6 is 0 Å². The third kappa shape index (κ3) is 3.32. The molecule has 13 heavy (non-hydrogen) atoms. The summed E-state index contributed by atoms with van der Waals surface area (Å²) in [6, 6.07) is 0. The first-order chi connectivity index (χ1) is 6.16. The van der Waals surface area contributed by atoms with Crippen molar-refractivity contribution in [3.63, 3.8) is 0 Å². The molecule has 0 aromatic rings. The van der Waals surface area contributed by atoms with Gasteiger partial charge in [0.15, 0.2) is 0 Å². The Morgan fingerprint density at radius 1 is 1.15 bits per heavy atom. The summed E-state index contributed by atoms with van der Waals surface area (Å²) in [6.07, 6.45) is 7.33. The SMILES string of the molecule is CCCCCC1CC1C(C)C(C)C. The molecule has 0 heteroatoms. The zero-order valence-corrected chi connectivity index (χ0v) is 9.84. The molecule has 0 aromatic carbocycles. The van der Waals surface area contributed by atoms with Crippen molar-refractivity contribution in [3.8, 4) is 0 Å². The van der Waals surface area contributed by atoms with E-state index in [9.17, 15) is 0 Å². The summed E-state index contributed by atoms with van der Waals surface area (Å²) in [5, 5.41) is 0. The van der Waals surface area contributed by atoms with Crippen LogP contribution in [0.1, 0.15) is 59.8 Å². The van der Waals surface area contributed by atoms with Crippen molar-refractivity contribution < 1.29 is 0 Å². The van der Waals surface area contributed by atoms with E-state index in [1.54, 1.807) is 0 Å². The molecule has 0 spiro atoms. The van der Waals surface area contributed by atoms with Crippen molar-refractivity contribution >= 4 is 0 Å². The molecule has 1 saturated carbocycles. The molecule has 1 aliphatic rings. The van der Waals surface area contributed by atoms with Crippen LogP contribution < -0.4 is 0 Å². The minimum atomic E-state index is 0.890.